The van der Waals surface area contributed by atoms with E-state index < -0.39 is 11.0 Å². The van der Waals surface area contributed by atoms with Crippen molar-refractivity contribution in [3.8, 4) is 0 Å². The Morgan fingerprint density at radius 2 is 2.26 bits per heavy atom. The van der Waals surface area contributed by atoms with Crippen LogP contribution in [0, 0.1) is 5.41 Å². The molecule has 1 N–H and O–H groups in total. The Hall–Kier alpha value is -1.96. The maximum Gasteiger partial charge on any atom is 0.314 e. The fourth-order valence-electron chi connectivity index (χ4n) is 3.47. The molecule has 2 bridgehead atoms. The number of amides is 1. The third kappa shape index (κ3) is 2.50. The molecule has 0 radical (unpaired) electrons. The molecule has 1 aliphatic carbocycles. The fraction of sp³-hybridized carbons (Fsp3) is 0.733. The van der Waals surface area contributed by atoms with Gasteiger partial charge in [0.05, 0.1) is 18.6 Å². The van der Waals surface area contributed by atoms with Crippen LogP contribution in [0.3, 0.4) is 0 Å². The minimum Gasteiger partial charge on any atom is -0.465 e. The van der Waals surface area contributed by atoms with Gasteiger partial charge in [-0.15, -0.1) is 10.2 Å². The van der Waals surface area contributed by atoms with Crippen molar-refractivity contribution >= 4 is 11.9 Å². The smallest absolute Gasteiger partial charge is 0.314 e. The number of hydrogen-bond donors (Lipinski definition) is 1. The summed E-state index contributed by atoms with van der Waals surface area (Å²) in [5, 5.41) is 10.8. The summed E-state index contributed by atoms with van der Waals surface area (Å²) in [6.45, 7) is 4.80. The molecule has 1 saturated carbocycles. The van der Waals surface area contributed by atoms with Gasteiger partial charge in [0.1, 0.15) is 17.8 Å². The maximum absolute atomic E-state index is 12.5. The van der Waals surface area contributed by atoms with Gasteiger partial charge in [-0.2, -0.15) is 0 Å². The van der Waals surface area contributed by atoms with Gasteiger partial charge in [-0.05, 0) is 6.92 Å². The Labute approximate surface area is 134 Å². The molecule has 0 aromatic carbocycles. The molecule has 23 heavy (non-hydrogen) atoms. The molecular formula is C15H22N4O4. The number of aryl methyl sites for hydroxylation is 1. The molecule has 3 aliphatic rings. The zero-order valence-electron chi connectivity index (χ0n) is 13.7. The van der Waals surface area contributed by atoms with Crippen molar-refractivity contribution in [1.82, 2.24) is 20.1 Å². The molecule has 1 unspecified atom stereocenters. The van der Waals surface area contributed by atoms with E-state index in [-0.39, 0.29) is 24.4 Å². The summed E-state index contributed by atoms with van der Waals surface area (Å²) < 4.78 is 12.6. The number of nitrogens with zero attached hydrogens (tertiary/aromatic N) is 3. The zero-order valence-corrected chi connectivity index (χ0v) is 13.7. The first-order valence-corrected chi connectivity index (χ1v) is 7.86. The topological polar surface area (TPSA) is 95.3 Å². The molecule has 8 nitrogen and oxygen atoms in total. The molecule has 1 aromatic rings. The summed E-state index contributed by atoms with van der Waals surface area (Å²) in [7, 11) is 1.87. The van der Waals surface area contributed by atoms with E-state index in [0.717, 1.165) is 5.82 Å². The molecular weight excluding hydrogens is 300 g/mol. The predicted octanol–water partition coefficient (Wildman–Crippen LogP) is 0.147. The highest BCUT2D eigenvalue weighted by molar-refractivity contribution is 5.92. The number of nitrogens with one attached hydrogen (secondary N) is 1. The maximum atomic E-state index is 12.5. The van der Waals surface area contributed by atoms with Gasteiger partial charge in [0.15, 0.2) is 0 Å². The summed E-state index contributed by atoms with van der Waals surface area (Å²) >= 11 is 0. The predicted molar refractivity (Wildman–Crippen MR) is 79.4 cm³/mol. The van der Waals surface area contributed by atoms with Crippen LogP contribution in [0.2, 0.25) is 0 Å². The van der Waals surface area contributed by atoms with Crippen LogP contribution in [0.4, 0.5) is 0 Å². The van der Waals surface area contributed by atoms with Gasteiger partial charge >= 0.3 is 5.97 Å². The first-order valence-electron chi connectivity index (χ1n) is 7.86. The van der Waals surface area contributed by atoms with Crippen molar-refractivity contribution in [3.05, 3.63) is 12.2 Å². The molecule has 1 aromatic heterocycles. The van der Waals surface area contributed by atoms with Crippen molar-refractivity contribution < 1.29 is 19.1 Å². The number of carbonyl (C=O) groups excluding carboxylic acids is 2. The fourth-order valence-corrected chi connectivity index (χ4v) is 3.47. The highest BCUT2D eigenvalue weighted by Gasteiger charge is 2.70. The van der Waals surface area contributed by atoms with Gasteiger partial charge in [-0.3, -0.25) is 9.59 Å². The molecule has 1 atom stereocenters. The summed E-state index contributed by atoms with van der Waals surface area (Å²) in [5.41, 5.74) is -1.49. The molecule has 3 heterocycles. The van der Waals surface area contributed by atoms with Crippen LogP contribution >= 0.6 is 0 Å². The monoisotopic (exact) mass is 322 g/mol. The van der Waals surface area contributed by atoms with Crippen LogP contribution in [0.25, 0.3) is 0 Å². The van der Waals surface area contributed by atoms with Gasteiger partial charge in [0.25, 0.3) is 5.91 Å². The summed E-state index contributed by atoms with van der Waals surface area (Å²) in [6, 6.07) is 0. The van der Waals surface area contributed by atoms with Crippen LogP contribution in [-0.4, -0.2) is 52.0 Å². The van der Waals surface area contributed by atoms with E-state index in [1.54, 1.807) is 13.3 Å². The second kappa shape index (κ2) is 5.59. The number of hydrogen-bond acceptors (Lipinski definition) is 6. The van der Waals surface area contributed by atoms with Crippen LogP contribution in [0.1, 0.15) is 38.4 Å². The molecule has 1 amide bonds. The molecule has 4 rings (SSSR count). The second-order valence-electron chi connectivity index (χ2n) is 6.55. The molecule has 3 fully saturated rings. The van der Waals surface area contributed by atoms with E-state index in [1.165, 1.54) is 0 Å². The Bertz CT molecular complexity index is 621. The van der Waals surface area contributed by atoms with Crippen molar-refractivity contribution in [2.45, 2.75) is 38.2 Å². The van der Waals surface area contributed by atoms with E-state index in [2.05, 4.69) is 15.5 Å². The van der Waals surface area contributed by atoms with E-state index in [0.29, 0.717) is 26.0 Å². The second-order valence-corrected chi connectivity index (χ2v) is 6.55. The van der Waals surface area contributed by atoms with Gasteiger partial charge in [-0.25, -0.2) is 0 Å². The van der Waals surface area contributed by atoms with Gasteiger partial charge in [0.2, 0.25) is 0 Å². The SMILES string of the molecule is CCOC(=O)C12COC(C(=O)NCC(C)c3nncn3C)(C1)C2. The van der Waals surface area contributed by atoms with Crippen LogP contribution < -0.4 is 5.32 Å². The minimum absolute atomic E-state index is 0.0409. The number of carbonyl (C=O) groups is 2. The Morgan fingerprint density at radius 1 is 1.52 bits per heavy atom. The van der Waals surface area contributed by atoms with Gasteiger partial charge in [0, 0.05) is 32.4 Å². The zero-order chi connectivity index (χ0) is 16.7. The van der Waals surface area contributed by atoms with Crippen LogP contribution in [0.15, 0.2) is 6.33 Å². The quantitative estimate of drug-likeness (QED) is 0.749. The number of fused-ring (bicyclic) bond motifs is 1. The first kappa shape index (κ1) is 15.9. The first-order chi connectivity index (χ1) is 10.9. The lowest BCUT2D eigenvalue weighted by molar-refractivity contribution is -0.163. The lowest BCUT2D eigenvalue weighted by Gasteiger charge is -2.41. The summed E-state index contributed by atoms with van der Waals surface area (Å²) in [5.74, 6) is 0.432. The number of rotatable bonds is 6. The van der Waals surface area contributed by atoms with Crippen molar-refractivity contribution in [2.24, 2.45) is 12.5 Å². The largest absolute Gasteiger partial charge is 0.465 e. The number of aromatic nitrogens is 3. The van der Waals surface area contributed by atoms with E-state index in [1.807, 2.05) is 18.5 Å². The number of ether oxygens (including phenoxy) is 2. The van der Waals surface area contributed by atoms with Gasteiger partial charge in [-0.1, -0.05) is 6.92 Å². The van der Waals surface area contributed by atoms with Crippen molar-refractivity contribution in [1.29, 1.82) is 0 Å². The summed E-state index contributed by atoms with van der Waals surface area (Å²) in [4.78, 5) is 24.4. The highest BCUT2D eigenvalue weighted by atomic mass is 16.6. The molecule has 2 aliphatic heterocycles. The molecule has 126 valence electrons. The van der Waals surface area contributed by atoms with E-state index in [4.69, 9.17) is 9.47 Å². The Kier molecular flexibility index (Phi) is 3.87. The third-order valence-corrected chi connectivity index (χ3v) is 4.75. The minimum atomic E-state index is -0.869. The van der Waals surface area contributed by atoms with E-state index in [9.17, 15) is 9.59 Å². The standard InChI is InChI=1S/C15H22N4O4/c1-4-22-13(21)14-6-15(7-14,23-8-14)12(20)16-5-10(2)11-18-17-9-19(11)3/h9-10H,4-8H2,1-3H3,(H,16,20). The molecule has 8 heteroatoms. The highest BCUT2D eigenvalue weighted by Crippen LogP contribution is 2.58. The van der Waals surface area contributed by atoms with Crippen molar-refractivity contribution in [2.75, 3.05) is 19.8 Å². The normalized spacial score (nSPS) is 29.7. The lowest BCUT2D eigenvalue weighted by Crippen LogP contribution is -2.57. The molecule has 2 saturated heterocycles. The average Bonchev–Trinajstić information content (AvgIpc) is 3.17. The number of esters is 1. The molecule has 0 spiro atoms. The van der Waals surface area contributed by atoms with Crippen molar-refractivity contribution in [3.63, 3.8) is 0 Å². The summed E-state index contributed by atoms with van der Waals surface area (Å²) in [6.07, 6.45) is 2.44. The third-order valence-electron chi connectivity index (χ3n) is 4.75. The Morgan fingerprint density at radius 3 is 2.87 bits per heavy atom. The van der Waals surface area contributed by atoms with Crippen LogP contribution in [-0.2, 0) is 26.1 Å². The average molecular weight is 322 g/mol. The Balaban J connectivity index is 1.55. The van der Waals surface area contributed by atoms with Crippen LogP contribution in [0.5, 0.6) is 0 Å². The lowest BCUT2D eigenvalue weighted by atomic mass is 9.62. The van der Waals surface area contributed by atoms with E-state index >= 15 is 0 Å². The van der Waals surface area contributed by atoms with Gasteiger partial charge < -0.3 is 19.4 Å².